The molecule has 21 heavy (non-hydrogen) atoms. The van der Waals surface area contributed by atoms with Crippen molar-refractivity contribution in [3.05, 3.63) is 53.8 Å². The van der Waals surface area contributed by atoms with E-state index in [1.54, 1.807) is 0 Å². The Labute approximate surface area is 119 Å². The molecule has 110 valence electrons. The van der Waals surface area contributed by atoms with Crippen molar-refractivity contribution < 1.29 is 32.0 Å². The summed E-state index contributed by atoms with van der Waals surface area (Å²) in [6, 6.07) is 7.87. The third-order valence-electron chi connectivity index (χ3n) is 2.51. The fraction of sp³-hybridized carbons (Fsp3) is 0. The summed E-state index contributed by atoms with van der Waals surface area (Å²) in [4.78, 5) is 11.0. The minimum Gasteiger partial charge on any atom is -0.506 e. The van der Waals surface area contributed by atoms with Gasteiger partial charge >= 0.3 is 5.97 Å². The average Bonchev–Trinajstić information content (AvgIpc) is 2.39. The minimum absolute atomic E-state index is 0.205. The Morgan fingerprint density at radius 3 is 2.38 bits per heavy atom. The highest BCUT2D eigenvalue weighted by Gasteiger charge is 2.19. The van der Waals surface area contributed by atoms with Gasteiger partial charge in [-0.1, -0.05) is 12.1 Å². The number of esters is 1. The first-order valence-electron chi connectivity index (χ1n) is 5.56. The summed E-state index contributed by atoms with van der Waals surface area (Å²) in [6.45, 7) is 0. The van der Waals surface area contributed by atoms with Crippen molar-refractivity contribution in [1.82, 2.24) is 0 Å². The maximum atomic E-state index is 13.3. The van der Waals surface area contributed by atoms with Gasteiger partial charge in [-0.2, -0.15) is 8.42 Å². The molecule has 0 saturated carbocycles. The number of halogens is 1. The summed E-state index contributed by atoms with van der Waals surface area (Å²) in [6.07, 6.45) is 0. The molecular formula is C13H9FO6S. The molecule has 2 aromatic carbocycles. The van der Waals surface area contributed by atoms with Crippen LogP contribution in [0.3, 0.4) is 0 Å². The number of hydrogen-bond donors (Lipinski definition) is 2. The van der Waals surface area contributed by atoms with E-state index in [2.05, 4.69) is 0 Å². The number of phenols is 1. The zero-order valence-electron chi connectivity index (χ0n) is 10.4. The molecule has 2 rings (SSSR count). The molecule has 0 unspecified atom stereocenters. The summed E-state index contributed by atoms with van der Waals surface area (Å²) >= 11 is 0. The molecule has 0 aliphatic carbocycles. The Morgan fingerprint density at radius 1 is 1.14 bits per heavy atom. The van der Waals surface area contributed by atoms with Crippen molar-refractivity contribution in [2.45, 2.75) is 4.90 Å². The van der Waals surface area contributed by atoms with Crippen LogP contribution in [-0.2, 0) is 10.1 Å². The van der Waals surface area contributed by atoms with Gasteiger partial charge < -0.3 is 9.84 Å². The van der Waals surface area contributed by atoms with Crippen LogP contribution in [0.4, 0.5) is 4.39 Å². The fourth-order valence-electron chi connectivity index (χ4n) is 1.55. The van der Waals surface area contributed by atoms with E-state index in [0.717, 1.165) is 24.3 Å². The summed E-state index contributed by atoms with van der Waals surface area (Å²) in [5.41, 5.74) is -0.205. The van der Waals surface area contributed by atoms with Gasteiger partial charge in [-0.05, 0) is 30.3 Å². The van der Waals surface area contributed by atoms with Crippen LogP contribution in [0.15, 0.2) is 47.4 Å². The number of benzene rings is 2. The Morgan fingerprint density at radius 2 is 1.81 bits per heavy atom. The zero-order valence-corrected chi connectivity index (χ0v) is 11.2. The van der Waals surface area contributed by atoms with E-state index < -0.39 is 32.5 Å². The van der Waals surface area contributed by atoms with Crippen molar-refractivity contribution in [2.75, 3.05) is 0 Å². The molecule has 0 bridgehead atoms. The first kappa shape index (κ1) is 14.9. The largest absolute Gasteiger partial charge is 0.506 e. The van der Waals surface area contributed by atoms with Crippen LogP contribution in [0.25, 0.3) is 0 Å². The van der Waals surface area contributed by atoms with Crippen molar-refractivity contribution in [3.8, 4) is 11.5 Å². The minimum atomic E-state index is -4.60. The lowest BCUT2D eigenvalue weighted by molar-refractivity contribution is 0.0727. The summed E-state index contributed by atoms with van der Waals surface area (Å²) < 4.78 is 48.7. The maximum absolute atomic E-state index is 13.3. The van der Waals surface area contributed by atoms with Crippen molar-refractivity contribution in [1.29, 1.82) is 0 Å². The normalized spacial score (nSPS) is 11.1. The second-order valence-corrected chi connectivity index (χ2v) is 5.37. The Bertz CT molecular complexity index is 800. The fourth-order valence-corrected chi connectivity index (χ4v) is 2.11. The number of phenolic OH excluding ortho intramolecular Hbond substituents is 1. The number of carbonyl (C=O) groups excluding carboxylic acids is 1. The van der Waals surface area contributed by atoms with Crippen LogP contribution in [0, 0.1) is 5.82 Å². The third-order valence-corrected chi connectivity index (χ3v) is 3.41. The monoisotopic (exact) mass is 312 g/mol. The first-order chi connectivity index (χ1) is 9.79. The molecule has 0 atom stereocenters. The zero-order chi connectivity index (χ0) is 15.6. The van der Waals surface area contributed by atoms with Crippen molar-refractivity contribution in [3.63, 3.8) is 0 Å². The van der Waals surface area contributed by atoms with E-state index in [1.165, 1.54) is 18.2 Å². The van der Waals surface area contributed by atoms with E-state index in [-0.39, 0.29) is 11.3 Å². The first-order valence-corrected chi connectivity index (χ1v) is 7.00. The molecular weight excluding hydrogens is 303 g/mol. The number of ether oxygens (including phenoxy) is 1. The van der Waals surface area contributed by atoms with Gasteiger partial charge in [0.25, 0.3) is 10.1 Å². The van der Waals surface area contributed by atoms with Gasteiger partial charge in [-0.3, -0.25) is 4.55 Å². The predicted molar refractivity (Wildman–Crippen MR) is 69.3 cm³/mol. The molecule has 0 amide bonds. The van der Waals surface area contributed by atoms with Crippen LogP contribution < -0.4 is 4.74 Å². The second-order valence-electron chi connectivity index (χ2n) is 3.98. The highest BCUT2D eigenvalue weighted by atomic mass is 32.2. The quantitative estimate of drug-likeness (QED) is 0.511. The summed E-state index contributed by atoms with van der Waals surface area (Å²) in [5.74, 6) is -2.86. The lowest BCUT2D eigenvalue weighted by atomic mass is 10.2. The molecule has 0 spiro atoms. The number of aromatic hydroxyl groups is 1. The van der Waals surface area contributed by atoms with Crippen molar-refractivity contribution >= 4 is 16.1 Å². The Balaban J connectivity index is 2.29. The average molecular weight is 312 g/mol. The number of hydrogen-bond acceptors (Lipinski definition) is 5. The SMILES string of the molecule is O=C(Oc1ccccc1F)c1ccc(S(=O)(=O)O)c(O)c1. The van der Waals surface area contributed by atoms with Gasteiger partial charge in [0.15, 0.2) is 11.6 Å². The topological polar surface area (TPSA) is 101 Å². The molecule has 2 N–H and O–H groups in total. The summed E-state index contributed by atoms with van der Waals surface area (Å²) in [5, 5.41) is 9.48. The smallest absolute Gasteiger partial charge is 0.343 e. The van der Waals surface area contributed by atoms with Crippen LogP contribution in [0.5, 0.6) is 11.5 Å². The van der Waals surface area contributed by atoms with E-state index >= 15 is 0 Å². The molecule has 2 aromatic rings. The van der Waals surface area contributed by atoms with Gasteiger partial charge in [0.05, 0.1) is 5.56 Å². The van der Waals surface area contributed by atoms with Gasteiger partial charge in [0, 0.05) is 0 Å². The standard InChI is InChI=1S/C13H9FO6S/c14-9-3-1-2-4-11(9)20-13(16)8-5-6-12(10(15)7-8)21(17,18)19/h1-7,15H,(H,17,18,19). The number of para-hydroxylation sites is 1. The molecule has 0 radical (unpaired) electrons. The molecule has 0 saturated heterocycles. The number of rotatable bonds is 3. The Kier molecular flexibility index (Phi) is 3.92. The van der Waals surface area contributed by atoms with E-state index in [4.69, 9.17) is 9.29 Å². The Hall–Kier alpha value is -2.45. The molecule has 0 aromatic heterocycles. The van der Waals surface area contributed by atoms with Gasteiger partial charge in [-0.25, -0.2) is 9.18 Å². The van der Waals surface area contributed by atoms with Gasteiger partial charge in [0.1, 0.15) is 10.6 Å². The number of carbonyl (C=O) groups is 1. The molecule has 0 aliphatic rings. The van der Waals surface area contributed by atoms with Gasteiger partial charge in [-0.15, -0.1) is 0 Å². The lowest BCUT2D eigenvalue weighted by Crippen LogP contribution is -2.10. The van der Waals surface area contributed by atoms with Crippen LogP contribution in [-0.4, -0.2) is 24.0 Å². The van der Waals surface area contributed by atoms with Crippen molar-refractivity contribution in [2.24, 2.45) is 0 Å². The van der Waals surface area contributed by atoms with Crippen LogP contribution >= 0.6 is 0 Å². The van der Waals surface area contributed by atoms with E-state index in [1.807, 2.05) is 0 Å². The molecule has 0 heterocycles. The maximum Gasteiger partial charge on any atom is 0.343 e. The molecule has 0 aliphatic heterocycles. The lowest BCUT2D eigenvalue weighted by Gasteiger charge is -2.07. The van der Waals surface area contributed by atoms with Gasteiger partial charge in [0.2, 0.25) is 0 Å². The van der Waals surface area contributed by atoms with Crippen LogP contribution in [0.1, 0.15) is 10.4 Å². The van der Waals surface area contributed by atoms with E-state index in [0.29, 0.717) is 0 Å². The molecule has 8 heteroatoms. The third kappa shape index (κ3) is 3.36. The predicted octanol–water partition coefficient (Wildman–Crippen LogP) is 2.00. The second kappa shape index (κ2) is 5.51. The molecule has 6 nitrogen and oxygen atoms in total. The van der Waals surface area contributed by atoms with Crippen LogP contribution in [0.2, 0.25) is 0 Å². The van der Waals surface area contributed by atoms with E-state index in [9.17, 15) is 22.7 Å². The highest BCUT2D eigenvalue weighted by molar-refractivity contribution is 7.86. The molecule has 0 fully saturated rings. The summed E-state index contributed by atoms with van der Waals surface area (Å²) in [7, 11) is -4.60. The highest BCUT2D eigenvalue weighted by Crippen LogP contribution is 2.24.